The van der Waals surface area contributed by atoms with Crippen LogP contribution in [-0.2, 0) is 17.5 Å². The van der Waals surface area contributed by atoms with E-state index in [0.717, 1.165) is 12.1 Å². The lowest BCUT2D eigenvalue weighted by molar-refractivity contribution is -0.137. The molecular formula is C19H10BrF3N2O5. The van der Waals surface area contributed by atoms with Crippen molar-refractivity contribution in [3.05, 3.63) is 70.4 Å². The maximum atomic E-state index is 12.9. The fourth-order valence-electron chi connectivity index (χ4n) is 2.49. The second kappa shape index (κ2) is 7.82. The van der Waals surface area contributed by atoms with Crippen molar-refractivity contribution in [1.29, 1.82) is 0 Å². The molecule has 3 aromatic heterocycles. The van der Waals surface area contributed by atoms with Gasteiger partial charge in [0.05, 0.1) is 5.56 Å². The number of nitrogens with zero attached hydrogens (tertiary/aromatic N) is 2. The maximum Gasteiger partial charge on any atom is 0.416 e. The molecule has 0 saturated heterocycles. The minimum Gasteiger partial charge on any atom is -0.450 e. The molecule has 0 aliphatic rings. The van der Waals surface area contributed by atoms with E-state index in [1.165, 1.54) is 24.3 Å². The summed E-state index contributed by atoms with van der Waals surface area (Å²) < 4.78 is 60.1. The molecule has 4 rings (SSSR count). The zero-order valence-electron chi connectivity index (χ0n) is 14.8. The fourth-order valence-corrected chi connectivity index (χ4v) is 2.80. The van der Waals surface area contributed by atoms with Gasteiger partial charge in [-0.1, -0.05) is 12.1 Å². The summed E-state index contributed by atoms with van der Waals surface area (Å²) in [5.74, 6) is -0.460. The molecule has 0 unspecified atom stereocenters. The van der Waals surface area contributed by atoms with Gasteiger partial charge in [0.1, 0.15) is 5.76 Å². The minimum atomic E-state index is -4.49. The Morgan fingerprint density at radius 2 is 1.80 bits per heavy atom. The SMILES string of the molecule is O=C(OCc1nnc(-c2ccc(Br)o2)o1)c1ccc(-c2cccc(C(F)(F)F)c2)o1. The van der Waals surface area contributed by atoms with Crippen molar-refractivity contribution in [2.24, 2.45) is 0 Å². The van der Waals surface area contributed by atoms with Crippen molar-refractivity contribution in [2.45, 2.75) is 12.8 Å². The second-order valence-corrected chi connectivity index (χ2v) is 6.70. The van der Waals surface area contributed by atoms with Crippen LogP contribution in [0.2, 0.25) is 0 Å². The van der Waals surface area contributed by atoms with Gasteiger partial charge in [0.15, 0.2) is 17.0 Å². The average molecular weight is 483 g/mol. The molecule has 0 bridgehead atoms. The van der Waals surface area contributed by atoms with E-state index < -0.39 is 17.7 Å². The third-order valence-electron chi connectivity index (χ3n) is 3.86. The number of hydrogen-bond donors (Lipinski definition) is 0. The van der Waals surface area contributed by atoms with Gasteiger partial charge in [-0.2, -0.15) is 13.2 Å². The first-order chi connectivity index (χ1) is 14.3. The van der Waals surface area contributed by atoms with E-state index in [2.05, 4.69) is 26.1 Å². The molecule has 0 amide bonds. The Labute approximate surface area is 174 Å². The van der Waals surface area contributed by atoms with E-state index in [9.17, 15) is 18.0 Å². The van der Waals surface area contributed by atoms with E-state index in [0.29, 0.717) is 10.4 Å². The number of carbonyl (C=O) groups excluding carboxylic acids is 1. The van der Waals surface area contributed by atoms with Gasteiger partial charge >= 0.3 is 12.1 Å². The number of rotatable bonds is 5. The van der Waals surface area contributed by atoms with Crippen LogP contribution in [0.5, 0.6) is 0 Å². The Morgan fingerprint density at radius 1 is 1.00 bits per heavy atom. The van der Waals surface area contributed by atoms with Gasteiger partial charge in [-0.05, 0) is 52.3 Å². The first-order valence-electron chi connectivity index (χ1n) is 8.32. The molecule has 3 heterocycles. The molecule has 154 valence electrons. The summed E-state index contributed by atoms with van der Waals surface area (Å²) in [5, 5.41) is 7.53. The van der Waals surface area contributed by atoms with E-state index in [4.69, 9.17) is 18.0 Å². The molecule has 0 atom stereocenters. The lowest BCUT2D eigenvalue weighted by atomic mass is 10.1. The van der Waals surface area contributed by atoms with E-state index in [1.54, 1.807) is 12.1 Å². The first-order valence-corrected chi connectivity index (χ1v) is 9.11. The molecule has 0 radical (unpaired) electrons. The van der Waals surface area contributed by atoms with Crippen LogP contribution in [0.3, 0.4) is 0 Å². The molecule has 4 aromatic rings. The van der Waals surface area contributed by atoms with Crippen molar-refractivity contribution in [2.75, 3.05) is 0 Å². The molecule has 0 aliphatic carbocycles. The monoisotopic (exact) mass is 482 g/mol. The summed E-state index contributed by atoms with van der Waals surface area (Å²) >= 11 is 3.15. The highest BCUT2D eigenvalue weighted by atomic mass is 79.9. The number of furan rings is 2. The molecule has 0 fully saturated rings. The maximum absolute atomic E-state index is 12.9. The van der Waals surface area contributed by atoms with Gasteiger partial charge in [-0.15, -0.1) is 10.2 Å². The molecule has 30 heavy (non-hydrogen) atoms. The predicted molar refractivity (Wildman–Crippen MR) is 98.0 cm³/mol. The lowest BCUT2D eigenvalue weighted by Gasteiger charge is -2.07. The number of alkyl halides is 3. The summed E-state index contributed by atoms with van der Waals surface area (Å²) in [6.45, 7) is -0.326. The summed E-state index contributed by atoms with van der Waals surface area (Å²) in [6.07, 6.45) is -4.49. The highest BCUT2D eigenvalue weighted by Crippen LogP contribution is 2.32. The Bertz CT molecular complexity index is 1190. The molecule has 0 spiro atoms. The largest absolute Gasteiger partial charge is 0.450 e. The molecule has 0 saturated carbocycles. The Balaban J connectivity index is 1.42. The fraction of sp³-hybridized carbons (Fsp3) is 0.105. The first kappa shape index (κ1) is 20.0. The second-order valence-electron chi connectivity index (χ2n) is 5.92. The van der Waals surface area contributed by atoms with Gasteiger partial charge in [0, 0.05) is 5.56 Å². The summed E-state index contributed by atoms with van der Waals surface area (Å²) in [4.78, 5) is 12.2. The normalized spacial score (nSPS) is 11.6. The highest BCUT2D eigenvalue weighted by Gasteiger charge is 2.30. The minimum absolute atomic E-state index is 0.0236. The number of benzene rings is 1. The van der Waals surface area contributed by atoms with Gasteiger partial charge in [0.2, 0.25) is 5.76 Å². The van der Waals surface area contributed by atoms with Crippen LogP contribution in [-0.4, -0.2) is 16.2 Å². The quantitative estimate of drug-likeness (QED) is 0.335. The number of halogens is 4. The van der Waals surface area contributed by atoms with Crippen molar-refractivity contribution in [1.82, 2.24) is 10.2 Å². The standard InChI is InChI=1S/C19H10BrF3N2O5/c20-15-7-6-13(29-15)17-25-24-16(30-17)9-27-18(26)14-5-4-12(28-14)10-2-1-3-11(8-10)19(21,22)23/h1-8H,9H2. The number of ether oxygens (including phenoxy) is 1. The predicted octanol–water partition coefficient (Wildman–Crippen LogP) is 5.73. The Morgan fingerprint density at radius 3 is 2.53 bits per heavy atom. The summed E-state index contributed by atoms with van der Waals surface area (Å²) in [6, 6.07) is 10.5. The van der Waals surface area contributed by atoms with Crippen molar-refractivity contribution in [3.8, 4) is 23.0 Å². The van der Waals surface area contributed by atoms with E-state index in [-0.39, 0.29) is 35.5 Å². The van der Waals surface area contributed by atoms with Gasteiger partial charge in [-0.3, -0.25) is 0 Å². The average Bonchev–Trinajstić information content (AvgIpc) is 3.46. The van der Waals surface area contributed by atoms with Crippen LogP contribution in [0.4, 0.5) is 13.2 Å². The van der Waals surface area contributed by atoms with Gasteiger partial charge in [-0.25, -0.2) is 4.79 Å². The van der Waals surface area contributed by atoms with Gasteiger partial charge in [0.25, 0.3) is 11.8 Å². The number of hydrogen-bond acceptors (Lipinski definition) is 7. The molecule has 7 nitrogen and oxygen atoms in total. The molecular weight excluding hydrogens is 473 g/mol. The molecule has 11 heteroatoms. The molecule has 1 aromatic carbocycles. The topological polar surface area (TPSA) is 91.5 Å². The van der Waals surface area contributed by atoms with E-state index >= 15 is 0 Å². The Hall–Kier alpha value is -3.34. The number of aromatic nitrogens is 2. The Kier molecular flexibility index (Phi) is 5.20. The van der Waals surface area contributed by atoms with Crippen LogP contribution in [0, 0.1) is 0 Å². The summed E-state index contributed by atoms with van der Waals surface area (Å²) in [5.41, 5.74) is -0.647. The third-order valence-corrected chi connectivity index (χ3v) is 4.29. The number of carbonyl (C=O) groups is 1. The van der Waals surface area contributed by atoms with E-state index in [1.807, 2.05) is 0 Å². The summed E-state index contributed by atoms with van der Waals surface area (Å²) in [7, 11) is 0. The van der Waals surface area contributed by atoms with Gasteiger partial charge < -0.3 is 18.0 Å². The zero-order chi connectivity index (χ0) is 21.3. The third kappa shape index (κ3) is 4.30. The van der Waals surface area contributed by atoms with Crippen LogP contribution in [0.15, 0.2) is 66.5 Å². The smallest absolute Gasteiger partial charge is 0.416 e. The number of esters is 1. The van der Waals surface area contributed by atoms with Crippen molar-refractivity contribution in [3.63, 3.8) is 0 Å². The zero-order valence-corrected chi connectivity index (χ0v) is 16.4. The molecule has 0 aliphatic heterocycles. The van der Waals surface area contributed by atoms with Crippen LogP contribution >= 0.6 is 15.9 Å². The highest BCUT2D eigenvalue weighted by molar-refractivity contribution is 9.10. The lowest BCUT2D eigenvalue weighted by Crippen LogP contribution is -2.04. The van der Waals surface area contributed by atoms with Crippen LogP contribution in [0.1, 0.15) is 22.0 Å². The van der Waals surface area contributed by atoms with Crippen molar-refractivity contribution < 1.29 is 36.0 Å². The molecule has 0 N–H and O–H groups in total. The van der Waals surface area contributed by atoms with Crippen LogP contribution in [0.25, 0.3) is 23.0 Å². The van der Waals surface area contributed by atoms with Crippen LogP contribution < -0.4 is 0 Å². The van der Waals surface area contributed by atoms with Crippen molar-refractivity contribution >= 4 is 21.9 Å².